The maximum absolute atomic E-state index is 11.6. The minimum Gasteiger partial charge on any atom is -0.342 e. The minimum atomic E-state index is 0. The predicted molar refractivity (Wildman–Crippen MR) is 80.6 cm³/mol. The minimum absolute atomic E-state index is 0. The largest absolute Gasteiger partial charge is 0.342 e. The Morgan fingerprint density at radius 3 is 2.67 bits per heavy atom. The first-order valence-corrected chi connectivity index (χ1v) is 6.33. The Bertz CT molecular complexity index is 229. The molecule has 1 rings (SSSR count). The summed E-state index contributed by atoms with van der Waals surface area (Å²) in [5, 5.41) is 0. The third kappa shape index (κ3) is 6.78. The number of rotatable bonds is 6. The van der Waals surface area contributed by atoms with E-state index in [2.05, 4.69) is 18.9 Å². The van der Waals surface area contributed by atoms with E-state index in [0.717, 1.165) is 32.6 Å². The molecule has 2 N–H and O–H groups in total. The van der Waals surface area contributed by atoms with Gasteiger partial charge < -0.3 is 15.5 Å². The van der Waals surface area contributed by atoms with Gasteiger partial charge in [0.25, 0.3) is 0 Å². The van der Waals surface area contributed by atoms with E-state index < -0.39 is 0 Å². The Balaban J connectivity index is 0. The highest BCUT2D eigenvalue weighted by molar-refractivity contribution is 5.85. The second kappa shape index (κ2) is 10.9. The van der Waals surface area contributed by atoms with Gasteiger partial charge in [-0.05, 0) is 32.4 Å². The zero-order valence-electron chi connectivity index (χ0n) is 11.4. The molecule has 0 spiro atoms. The molecule has 0 aromatic rings. The van der Waals surface area contributed by atoms with Crippen molar-refractivity contribution in [3.05, 3.63) is 0 Å². The molecule has 1 aliphatic heterocycles. The molecule has 0 bridgehead atoms. The summed E-state index contributed by atoms with van der Waals surface area (Å²) >= 11 is 0. The molecule has 18 heavy (non-hydrogen) atoms. The van der Waals surface area contributed by atoms with Gasteiger partial charge in [-0.2, -0.15) is 0 Å². The molecule has 6 heteroatoms. The summed E-state index contributed by atoms with van der Waals surface area (Å²) in [5.74, 6) is 0.876. The third-order valence-electron chi connectivity index (χ3n) is 3.17. The van der Waals surface area contributed by atoms with E-state index in [1.807, 2.05) is 4.90 Å². The Morgan fingerprint density at radius 2 is 2.11 bits per heavy atom. The summed E-state index contributed by atoms with van der Waals surface area (Å²) in [6, 6.07) is 0. The summed E-state index contributed by atoms with van der Waals surface area (Å²) in [6.07, 6.45) is 2.83. The van der Waals surface area contributed by atoms with Gasteiger partial charge in [0.15, 0.2) is 0 Å². The molecule has 1 fully saturated rings. The first-order valence-electron chi connectivity index (χ1n) is 6.33. The monoisotopic (exact) mass is 299 g/mol. The van der Waals surface area contributed by atoms with Gasteiger partial charge >= 0.3 is 0 Å². The van der Waals surface area contributed by atoms with Gasteiger partial charge in [0.2, 0.25) is 5.91 Å². The average Bonchev–Trinajstić information content (AvgIpc) is 2.67. The molecule has 1 unspecified atom stereocenters. The van der Waals surface area contributed by atoms with Crippen molar-refractivity contribution in [3.8, 4) is 0 Å². The summed E-state index contributed by atoms with van der Waals surface area (Å²) in [7, 11) is 2.16. The zero-order chi connectivity index (χ0) is 12.0. The summed E-state index contributed by atoms with van der Waals surface area (Å²) < 4.78 is 0. The van der Waals surface area contributed by atoms with Crippen LogP contribution in [0.15, 0.2) is 0 Å². The first kappa shape index (κ1) is 20.3. The normalized spacial score (nSPS) is 18.4. The van der Waals surface area contributed by atoms with E-state index in [4.69, 9.17) is 5.73 Å². The lowest BCUT2D eigenvalue weighted by atomic mass is 10.1. The van der Waals surface area contributed by atoms with E-state index in [-0.39, 0.29) is 30.7 Å². The molecule has 1 saturated heterocycles. The van der Waals surface area contributed by atoms with E-state index in [1.54, 1.807) is 0 Å². The summed E-state index contributed by atoms with van der Waals surface area (Å²) in [6.45, 7) is 6.77. The molecule has 0 aromatic heterocycles. The zero-order valence-corrected chi connectivity index (χ0v) is 13.1. The van der Waals surface area contributed by atoms with Crippen LogP contribution in [0.5, 0.6) is 0 Å². The average molecular weight is 300 g/mol. The number of hydrogen-bond acceptors (Lipinski definition) is 3. The molecular formula is C12H27Cl2N3O. The van der Waals surface area contributed by atoms with Crippen LogP contribution in [0.2, 0.25) is 0 Å². The predicted octanol–water partition coefficient (Wildman–Crippen LogP) is 1.37. The van der Waals surface area contributed by atoms with Crippen LogP contribution in [-0.4, -0.2) is 55.5 Å². The highest BCUT2D eigenvalue weighted by Gasteiger charge is 2.26. The van der Waals surface area contributed by atoms with Crippen LogP contribution >= 0.6 is 24.8 Å². The number of hydrogen-bond donors (Lipinski definition) is 1. The Hall–Kier alpha value is -0.0300. The fourth-order valence-corrected chi connectivity index (χ4v) is 2.40. The molecule has 0 aliphatic carbocycles. The van der Waals surface area contributed by atoms with E-state index in [0.29, 0.717) is 18.9 Å². The number of amides is 1. The van der Waals surface area contributed by atoms with Gasteiger partial charge in [0.05, 0.1) is 0 Å². The number of carbonyl (C=O) groups is 1. The van der Waals surface area contributed by atoms with Crippen molar-refractivity contribution < 1.29 is 4.79 Å². The lowest BCUT2D eigenvalue weighted by molar-refractivity contribution is -0.130. The quantitative estimate of drug-likeness (QED) is 0.806. The van der Waals surface area contributed by atoms with Gasteiger partial charge in [-0.15, -0.1) is 24.8 Å². The van der Waals surface area contributed by atoms with Crippen LogP contribution in [0.3, 0.4) is 0 Å². The lowest BCUT2D eigenvalue weighted by Crippen LogP contribution is -2.32. The van der Waals surface area contributed by atoms with Crippen LogP contribution in [0.1, 0.15) is 26.2 Å². The fraction of sp³-hybridized carbons (Fsp3) is 0.917. The van der Waals surface area contributed by atoms with E-state index in [1.165, 1.54) is 6.42 Å². The highest BCUT2D eigenvalue weighted by atomic mass is 35.5. The second-order valence-electron chi connectivity index (χ2n) is 4.80. The van der Waals surface area contributed by atoms with Crippen molar-refractivity contribution in [2.45, 2.75) is 26.2 Å². The smallest absolute Gasteiger partial charge is 0.223 e. The van der Waals surface area contributed by atoms with Crippen molar-refractivity contribution in [2.75, 3.05) is 39.8 Å². The number of nitrogens with zero attached hydrogens (tertiary/aromatic N) is 2. The Labute approximate surface area is 123 Å². The number of nitrogens with two attached hydrogens (primary N) is 1. The lowest BCUT2D eigenvalue weighted by Gasteiger charge is -2.21. The van der Waals surface area contributed by atoms with Gasteiger partial charge in [-0.25, -0.2) is 0 Å². The highest BCUT2D eigenvalue weighted by Crippen LogP contribution is 2.17. The first-order chi connectivity index (χ1) is 7.67. The molecule has 1 heterocycles. The second-order valence-corrected chi connectivity index (χ2v) is 4.80. The SMILES string of the molecule is CCCN(C)CC1CCN(C(=O)CCN)C1.Cl.Cl. The maximum Gasteiger partial charge on any atom is 0.223 e. The van der Waals surface area contributed by atoms with Crippen LogP contribution < -0.4 is 5.73 Å². The number of halogens is 2. The fourth-order valence-electron chi connectivity index (χ4n) is 2.40. The Morgan fingerprint density at radius 1 is 1.44 bits per heavy atom. The van der Waals surface area contributed by atoms with Gasteiger partial charge in [-0.1, -0.05) is 6.92 Å². The molecule has 1 aliphatic rings. The standard InChI is InChI=1S/C12H25N3O.2ClH/c1-3-7-14(2)9-11-5-8-15(10-11)12(16)4-6-13;;/h11H,3-10,13H2,1-2H3;2*1H. The van der Waals surface area contributed by atoms with Gasteiger partial charge in [0, 0.05) is 32.6 Å². The van der Waals surface area contributed by atoms with Crippen LogP contribution in [0, 0.1) is 5.92 Å². The van der Waals surface area contributed by atoms with E-state index in [9.17, 15) is 4.79 Å². The number of carbonyl (C=O) groups excluding carboxylic acids is 1. The van der Waals surface area contributed by atoms with Gasteiger partial charge in [0.1, 0.15) is 0 Å². The van der Waals surface area contributed by atoms with Gasteiger partial charge in [-0.3, -0.25) is 4.79 Å². The number of likely N-dealkylation sites (tertiary alicyclic amines) is 1. The van der Waals surface area contributed by atoms with Crippen molar-refractivity contribution >= 4 is 30.7 Å². The third-order valence-corrected chi connectivity index (χ3v) is 3.17. The molecule has 4 nitrogen and oxygen atoms in total. The van der Waals surface area contributed by atoms with Crippen LogP contribution in [0.25, 0.3) is 0 Å². The van der Waals surface area contributed by atoms with Crippen molar-refractivity contribution in [2.24, 2.45) is 11.7 Å². The molecule has 1 amide bonds. The molecule has 0 aromatic carbocycles. The summed E-state index contributed by atoms with van der Waals surface area (Å²) in [5.41, 5.74) is 5.40. The molecule has 110 valence electrons. The topological polar surface area (TPSA) is 49.6 Å². The molecule has 0 radical (unpaired) electrons. The van der Waals surface area contributed by atoms with Crippen molar-refractivity contribution in [1.82, 2.24) is 9.80 Å². The van der Waals surface area contributed by atoms with Crippen LogP contribution in [-0.2, 0) is 4.79 Å². The molecular weight excluding hydrogens is 273 g/mol. The van der Waals surface area contributed by atoms with E-state index >= 15 is 0 Å². The molecule has 1 atom stereocenters. The summed E-state index contributed by atoms with van der Waals surface area (Å²) in [4.78, 5) is 16.0. The van der Waals surface area contributed by atoms with Crippen LogP contribution in [0.4, 0.5) is 0 Å². The van der Waals surface area contributed by atoms with Crippen molar-refractivity contribution in [3.63, 3.8) is 0 Å². The Kier molecular flexibility index (Phi) is 12.2. The maximum atomic E-state index is 11.6. The molecule has 0 saturated carbocycles. The van der Waals surface area contributed by atoms with Crippen molar-refractivity contribution in [1.29, 1.82) is 0 Å².